The minimum Gasteiger partial charge on any atom is -0.300 e. The zero-order valence-corrected chi connectivity index (χ0v) is 15.4. The highest BCUT2D eigenvalue weighted by atomic mass is 16.1. The normalized spacial score (nSPS) is 11.4. The van der Waals surface area contributed by atoms with Crippen LogP contribution in [0, 0.1) is 0 Å². The number of rotatable bonds is 17. The van der Waals surface area contributed by atoms with Crippen molar-refractivity contribution in [3.8, 4) is 0 Å². The van der Waals surface area contributed by atoms with Crippen LogP contribution >= 0.6 is 0 Å². The first-order chi connectivity index (χ1) is 10.8. The molecule has 1 heteroatoms. The lowest BCUT2D eigenvalue weighted by Crippen LogP contribution is -1.89. The van der Waals surface area contributed by atoms with Crippen LogP contribution in [0.25, 0.3) is 0 Å². The van der Waals surface area contributed by atoms with E-state index >= 15 is 0 Å². The minimum absolute atomic E-state index is 0.341. The van der Waals surface area contributed by atoms with Crippen molar-refractivity contribution in [3.63, 3.8) is 0 Å². The van der Waals surface area contributed by atoms with Crippen LogP contribution < -0.4 is 0 Å². The van der Waals surface area contributed by atoms with Crippen LogP contribution in [-0.2, 0) is 4.79 Å². The fourth-order valence-corrected chi connectivity index (χ4v) is 2.80. The molecule has 130 valence electrons. The summed E-state index contributed by atoms with van der Waals surface area (Å²) in [7, 11) is 0. The van der Waals surface area contributed by atoms with Crippen molar-refractivity contribution in [2.75, 3.05) is 0 Å². The fourth-order valence-electron chi connectivity index (χ4n) is 2.80. The van der Waals surface area contributed by atoms with E-state index in [1.165, 1.54) is 89.9 Å². The largest absolute Gasteiger partial charge is 0.300 e. The van der Waals surface area contributed by atoms with Crippen LogP contribution in [0.2, 0.25) is 0 Å². The smallest absolute Gasteiger partial charge is 0.129 e. The Morgan fingerprint density at radius 1 is 0.636 bits per heavy atom. The lowest BCUT2D eigenvalue weighted by Gasteiger charge is -2.00. The van der Waals surface area contributed by atoms with Crippen LogP contribution in [0.15, 0.2) is 12.2 Å². The first-order valence-corrected chi connectivity index (χ1v) is 9.91. The molecule has 0 bridgehead atoms. The number of Topliss-reactive ketones (excluding diaryl/α,β-unsaturated/α-hetero) is 1. The molecule has 22 heavy (non-hydrogen) atoms. The second-order valence-corrected chi connectivity index (χ2v) is 6.74. The molecule has 0 N–H and O–H groups in total. The summed E-state index contributed by atoms with van der Waals surface area (Å²) in [6.07, 6.45) is 25.6. The highest BCUT2D eigenvalue weighted by Gasteiger charge is 1.94. The van der Waals surface area contributed by atoms with Crippen LogP contribution in [0.1, 0.15) is 117 Å². The van der Waals surface area contributed by atoms with Crippen LogP contribution in [0.3, 0.4) is 0 Å². The van der Waals surface area contributed by atoms with Gasteiger partial charge in [-0.1, -0.05) is 83.3 Å². The predicted molar refractivity (Wildman–Crippen MR) is 99.4 cm³/mol. The van der Waals surface area contributed by atoms with E-state index in [1.54, 1.807) is 6.92 Å². The molecular formula is C21H40O. The molecule has 0 aromatic rings. The number of hydrogen-bond acceptors (Lipinski definition) is 1. The van der Waals surface area contributed by atoms with E-state index in [0.29, 0.717) is 5.78 Å². The molecule has 0 fully saturated rings. The van der Waals surface area contributed by atoms with Gasteiger partial charge in [-0.3, -0.25) is 0 Å². The summed E-state index contributed by atoms with van der Waals surface area (Å²) >= 11 is 0. The zero-order valence-electron chi connectivity index (χ0n) is 15.4. The Morgan fingerprint density at radius 2 is 1.05 bits per heavy atom. The van der Waals surface area contributed by atoms with Crippen LogP contribution in [-0.4, -0.2) is 5.78 Å². The molecule has 0 aliphatic heterocycles. The van der Waals surface area contributed by atoms with Crippen molar-refractivity contribution in [2.45, 2.75) is 117 Å². The van der Waals surface area contributed by atoms with E-state index in [4.69, 9.17) is 0 Å². The molecule has 0 radical (unpaired) electrons. The van der Waals surface area contributed by atoms with Crippen LogP contribution in [0.4, 0.5) is 0 Å². The molecule has 0 aliphatic rings. The first kappa shape index (κ1) is 21.4. The van der Waals surface area contributed by atoms with Gasteiger partial charge in [0, 0.05) is 6.42 Å². The Hall–Kier alpha value is -0.590. The maximum atomic E-state index is 10.8. The zero-order chi connectivity index (χ0) is 16.3. The Bertz CT molecular complexity index is 255. The van der Waals surface area contributed by atoms with Crippen molar-refractivity contribution < 1.29 is 4.79 Å². The number of ketones is 1. The summed E-state index contributed by atoms with van der Waals surface area (Å²) in [5, 5.41) is 0. The van der Waals surface area contributed by atoms with E-state index in [0.717, 1.165) is 12.8 Å². The van der Waals surface area contributed by atoms with Gasteiger partial charge in [-0.05, 0) is 39.0 Å². The Balaban J connectivity index is 3.06. The number of unbranched alkanes of at least 4 members (excludes halogenated alkanes) is 13. The van der Waals surface area contributed by atoms with E-state index in [1.807, 2.05) is 0 Å². The molecular weight excluding hydrogens is 268 g/mol. The maximum absolute atomic E-state index is 10.8. The summed E-state index contributed by atoms with van der Waals surface area (Å²) in [4.78, 5) is 10.8. The number of carbonyl (C=O) groups excluding carboxylic acids is 1. The van der Waals surface area contributed by atoms with Gasteiger partial charge in [0.15, 0.2) is 0 Å². The third-order valence-electron chi connectivity index (χ3n) is 4.29. The van der Waals surface area contributed by atoms with Gasteiger partial charge in [-0.2, -0.15) is 0 Å². The predicted octanol–water partition coefficient (Wildman–Crippen LogP) is 7.39. The molecule has 0 aromatic heterocycles. The quantitative estimate of drug-likeness (QED) is 0.202. The lowest BCUT2D eigenvalue weighted by molar-refractivity contribution is -0.117. The molecule has 0 saturated heterocycles. The highest BCUT2D eigenvalue weighted by Crippen LogP contribution is 2.11. The second kappa shape index (κ2) is 18.5. The number of carbonyl (C=O) groups is 1. The number of allylic oxidation sites excluding steroid dienone is 2. The molecule has 0 aliphatic carbocycles. The van der Waals surface area contributed by atoms with E-state index in [2.05, 4.69) is 19.1 Å². The van der Waals surface area contributed by atoms with Crippen molar-refractivity contribution in [1.82, 2.24) is 0 Å². The molecule has 1 nitrogen and oxygen atoms in total. The lowest BCUT2D eigenvalue weighted by atomic mass is 10.1. The van der Waals surface area contributed by atoms with Gasteiger partial charge in [0.1, 0.15) is 5.78 Å². The van der Waals surface area contributed by atoms with Crippen LogP contribution in [0.5, 0.6) is 0 Å². The molecule has 0 unspecified atom stereocenters. The van der Waals surface area contributed by atoms with Crippen molar-refractivity contribution in [2.24, 2.45) is 0 Å². The summed E-state index contributed by atoms with van der Waals surface area (Å²) in [5.74, 6) is 0.341. The second-order valence-electron chi connectivity index (χ2n) is 6.74. The Kier molecular flexibility index (Phi) is 18.0. The van der Waals surface area contributed by atoms with E-state index in [-0.39, 0.29) is 0 Å². The third-order valence-corrected chi connectivity index (χ3v) is 4.29. The fraction of sp³-hybridized carbons (Fsp3) is 0.857. The van der Waals surface area contributed by atoms with Crippen molar-refractivity contribution >= 4 is 5.78 Å². The topological polar surface area (TPSA) is 17.1 Å². The minimum atomic E-state index is 0.341. The SMILES string of the molecule is CCCCCCCC/C=C\CCCCCCCCCC(C)=O. The van der Waals surface area contributed by atoms with Crippen molar-refractivity contribution in [3.05, 3.63) is 12.2 Å². The molecule has 0 saturated carbocycles. The standard InChI is InChI=1S/C21H40O/c1-3-4-5-6-7-8-9-10-11-12-13-14-15-16-17-18-19-20-21(2)22/h10-11H,3-9,12-20H2,1-2H3/b11-10-. The van der Waals surface area contributed by atoms with Gasteiger partial charge < -0.3 is 4.79 Å². The van der Waals surface area contributed by atoms with E-state index < -0.39 is 0 Å². The molecule has 0 aromatic carbocycles. The van der Waals surface area contributed by atoms with Gasteiger partial charge >= 0.3 is 0 Å². The maximum Gasteiger partial charge on any atom is 0.129 e. The molecule has 0 heterocycles. The summed E-state index contributed by atoms with van der Waals surface area (Å²) in [6.45, 7) is 3.97. The Labute approximate surface area is 140 Å². The van der Waals surface area contributed by atoms with Gasteiger partial charge in [-0.15, -0.1) is 0 Å². The monoisotopic (exact) mass is 308 g/mol. The molecule has 0 amide bonds. The average Bonchev–Trinajstić information content (AvgIpc) is 2.50. The average molecular weight is 309 g/mol. The van der Waals surface area contributed by atoms with Crippen molar-refractivity contribution in [1.29, 1.82) is 0 Å². The summed E-state index contributed by atoms with van der Waals surface area (Å²) < 4.78 is 0. The Morgan fingerprint density at radius 3 is 1.50 bits per heavy atom. The molecule has 0 atom stereocenters. The van der Waals surface area contributed by atoms with Gasteiger partial charge in [0.25, 0.3) is 0 Å². The molecule has 0 spiro atoms. The van der Waals surface area contributed by atoms with E-state index in [9.17, 15) is 4.79 Å². The van der Waals surface area contributed by atoms with Gasteiger partial charge in [-0.25, -0.2) is 0 Å². The third kappa shape index (κ3) is 19.4. The first-order valence-electron chi connectivity index (χ1n) is 9.91. The summed E-state index contributed by atoms with van der Waals surface area (Å²) in [6, 6.07) is 0. The number of hydrogen-bond donors (Lipinski definition) is 0. The highest BCUT2D eigenvalue weighted by molar-refractivity contribution is 5.75. The van der Waals surface area contributed by atoms with Gasteiger partial charge in [0.05, 0.1) is 0 Å². The molecule has 0 rings (SSSR count). The van der Waals surface area contributed by atoms with Gasteiger partial charge in [0.2, 0.25) is 0 Å². The summed E-state index contributed by atoms with van der Waals surface area (Å²) in [5.41, 5.74) is 0.